The number of alkyl halides is 1. The van der Waals surface area contributed by atoms with Crippen LogP contribution in [0.1, 0.15) is 23.8 Å². The van der Waals surface area contributed by atoms with Crippen LogP contribution in [0.4, 0.5) is 0 Å². The molecule has 2 nitrogen and oxygen atoms in total. The lowest BCUT2D eigenvalue weighted by molar-refractivity contribution is 0.295. The minimum Gasteiger partial charge on any atom is -0.493 e. The highest BCUT2D eigenvalue weighted by Gasteiger charge is 2.07. The first-order valence-electron chi connectivity index (χ1n) is 6.40. The van der Waals surface area contributed by atoms with E-state index in [2.05, 4.69) is 28.9 Å². The van der Waals surface area contributed by atoms with Crippen LogP contribution in [-0.2, 0) is 12.5 Å². The van der Waals surface area contributed by atoms with Gasteiger partial charge in [-0.25, -0.2) is 0 Å². The van der Waals surface area contributed by atoms with Crippen LogP contribution >= 0.6 is 38.9 Å². The van der Waals surface area contributed by atoms with E-state index in [1.165, 1.54) is 0 Å². The van der Waals surface area contributed by atoms with E-state index in [0.29, 0.717) is 19.1 Å². The summed E-state index contributed by atoms with van der Waals surface area (Å²) in [5, 5.41) is 2.04. The second-order valence-corrected chi connectivity index (χ2v) is 6.45. The van der Waals surface area contributed by atoms with Crippen molar-refractivity contribution in [1.82, 2.24) is 0 Å². The molecule has 0 atom stereocenters. The van der Waals surface area contributed by atoms with Crippen molar-refractivity contribution in [2.75, 3.05) is 6.61 Å². The van der Waals surface area contributed by atoms with Gasteiger partial charge in [0.1, 0.15) is 18.1 Å². The van der Waals surface area contributed by atoms with Crippen LogP contribution in [0, 0.1) is 0 Å². The Morgan fingerprint density at radius 2 is 2.10 bits per heavy atom. The van der Waals surface area contributed by atoms with Gasteiger partial charge in [0.2, 0.25) is 0 Å². The van der Waals surface area contributed by atoms with Gasteiger partial charge in [-0.3, -0.25) is 0 Å². The Hall–Kier alpha value is -0.710. The zero-order valence-corrected chi connectivity index (χ0v) is 14.4. The summed E-state index contributed by atoms with van der Waals surface area (Å²) >= 11 is 11.1. The fourth-order valence-electron chi connectivity index (χ4n) is 1.67. The molecule has 0 aliphatic rings. The first-order valence-corrected chi connectivity index (χ1v) is 8.61. The van der Waals surface area contributed by atoms with Crippen molar-refractivity contribution in [3.63, 3.8) is 0 Å². The first kappa shape index (κ1) is 15.7. The molecule has 0 N–H and O–H groups in total. The number of rotatable bonds is 7. The molecule has 0 aliphatic heterocycles. The molecule has 108 valence electrons. The highest BCUT2D eigenvalue weighted by molar-refractivity contribution is 9.10. The van der Waals surface area contributed by atoms with E-state index in [4.69, 9.17) is 21.1 Å². The molecule has 0 amide bonds. The molecule has 0 unspecified atom stereocenters. The zero-order chi connectivity index (χ0) is 14.4. The minimum atomic E-state index is 0.428. The van der Waals surface area contributed by atoms with Gasteiger partial charge in [-0.1, -0.05) is 13.0 Å². The van der Waals surface area contributed by atoms with Crippen molar-refractivity contribution in [1.29, 1.82) is 0 Å². The van der Waals surface area contributed by atoms with Crippen molar-refractivity contribution < 1.29 is 9.47 Å². The van der Waals surface area contributed by atoms with Crippen molar-refractivity contribution in [2.24, 2.45) is 0 Å². The fraction of sp³-hybridized carbons (Fsp3) is 0.333. The Balaban J connectivity index is 2.07. The van der Waals surface area contributed by atoms with Crippen LogP contribution in [0.25, 0.3) is 0 Å². The molecule has 1 aromatic heterocycles. The Labute approximate surface area is 136 Å². The van der Waals surface area contributed by atoms with Crippen LogP contribution in [0.3, 0.4) is 0 Å². The third-order valence-corrected chi connectivity index (χ3v) is 4.61. The van der Waals surface area contributed by atoms with E-state index in [0.717, 1.165) is 32.8 Å². The molecule has 0 saturated heterocycles. The van der Waals surface area contributed by atoms with E-state index in [1.54, 1.807) is 11.3 Å². The zero-order valence-electron chi connectivity index (χ0n) is 11.2. The summed E-state index contributed by atoms with van der Waals surface area (Å²) in [6, 6.07) is 7.86. The lowest BCUT2D eigenvalue weighted by atomic mass is 10.2. The van der Waals surface area contributed by atoms with Crippen LogP contribution in [0.5, 0.6) is 11.5 Å². The summed E-state index contributed by atoms with van der Waals surface area (Å²) in [5.41, 5.74) is 0.978. The molecule has 0 bridgehead atoms. The monoisotopic (exact) mass is 374 g/mol. The molecule has 2 aromatic rings. The third kappa shape index (κ3) is 4.40. The van der Waals surface area contributed by atoms with Gasteiger partial charge in [0.15, 0.2) is 0 Å². The van der Waals surface area contributed by atoms with Gasteiger partial charge in [-0.2, -0.15) is 0 Å². The number of hydrogen-bond acceptors (Lipinski definition) is 3. The maximum atomic E-state index is 5.95. The van der Waals surface area contributed by atoms with Crippen molar-refractivity contribution in [2.45, 2.75) is 25.8 Å². The number of benzene rings is 1. The standard InChI is InChI=1S/C15H16BrClO2S/c1-2-5-18-13-4-3-11(8-17)15(7-13)19-9-14-6-12(16)10-20-14/h3-4,6-7,10H,2,5,8-9H2,1H3. The largest absolute Gasteiger partial charge is 0.493 e. The highest BCUT2D eigenvalue weighted by Crippen LogP contribution is 2.28. The SMILES string of the molecule is CCCOc1ccc(CCl)c(OCc2cc(Br)cs2)c1. The molecule has 0 fully saturated rings. The van der Waals surface area contributed by atoms with Gasteiger partial charge in [-0.15, -0.1) is 22.9 Å². The summed E-state index contributed by atoms with van der Waals surface area (Å²) in [7, 11) is 0. The summed E-state index contributed by atoms with van der Waals surface area (Å²) in [4.78, 5) is 1.16. The van der Waals surface area contributed by atoms with E-state index in [9.17, 15) is 0 Å². The van der Waals surface area contributed by atoms with Crippen molar-refractivity contribution in [3.05, 3.63) is 44.6 Å². The van der Waals surface area contributed by atoms with Crippen LogP contribution < -0.4 is 9.47 Å². The van der Waals surface area contributed by atoms with Crippen LogP contribution in [-0.4, -0.2) is 6.61 Å². The quantitative estimate of drug-likeness (QED) is 0.585. The Morgan fingerprint density at radius 1 is 1.25 bits per heavy atom. The lowest BCUT2D eigenvalue weighted by Crippen LogP contribution is -1.99. The highest BCUT2D eigenvalue weighted by atomic mass is 79.9. The molecular weight excluding hydrogens is 360 g/mol. The Morgan fingerprint density at radius 3 is 2.75 bits per heavy atom. The maximum absolute atomic E-state index is 5.95. The minimum absolute atomic E-state index is 0.428. The molecule has 0 aliphatic carbocycles. The van der Waals surface area contributed by atoms with Crippen LogP contribution in [0.15, 0.2) is 34.1 Å². The molecular formula is C15H16BrClO2S. The lowest BCUT2D eigenvalue weighted by Gasteiger charge is -2.12. The molecule has 2 rings (SSSR count). The molecule has 0 saturated carbocycles. The van der Waals surface area contributed by atoms with Gasteiger partial charge in [0.05, 0.1) is 12.5 Å². The average molecular weight is 376 g/mol. The van der Waals surface area contributed by atoms with Crippen LogP contribution in [0.2, 0.25) is 0 Å². The van der Waals surface area contributed by atoms with E-state index in [1.807, 2.05) is 23.6 Å². The third-order valence-electron chi connectivity index (χ3n) is 2.65. The van der Waals surface area contributed by atoms with E-state index >= 15 is 0 Å². The molecule has 1 heterocycles. The van der Waals surface area contributed by atoms with E-state index in [-0.39, 0.29) is 0 Å². The molecule has 20 heavy (non-hydrogen) atoms. The molecule has 5 heteroatoms. The smallest absolute Gasteiger partial charge is 0.127 e. The number of halogens is 2. The van der Waals surface area contributed by atoms with Crippen molar-refractivity contribution in [3.8, 4) is 11.5 Å². The Kier molecular flexibility index (Phi) is 6.20. The maximum Gasteiger partial charge on any atom is 0.127 e. The topological polar surface area (TPSA) is 18.5 Å². The second kappa shape index (κ2) is 7.91. The molecule has 0 spiro atoms. The van der Waals surface area contributed by atoms with Crippen molar-refractivity contribution >= 4 is 38.9 Å². The molecule has 1 aromatic carbocycles. The predicted octanol–water partition coefficient (Wildman–Crippen LogP) is 5.62. The van der Waals surface area contributed by atoms with E-state index < -0.39 is 0 Å². The fourth-order valence-corrected chi connectivity index (χ4v) is 3.25. The second-order valence-electron chi connectivity index (χ2n) is 4.27. The summed E-state index contributed by atoms with van der Waals surface area (Å²) in [6.45, 7) is 3.33. The van der Waals surface area contributed by atoms with Gasteiger partial charge < -0.3 is 9.47 Å². The normalized spacial score (nSPS) is 10.6. The summed E-state index contributed by atoms with van der Waals surface area (Å²) in [6.07, 6.45) is 0.983. The number of thiophene rings is 1. The van der Waals surface area contributed by atoms with Gasteiger partial charge in [-0.05, 0) is 34.5 Å². The first-order chi connectivity index (χ1) is 9.72. The predicted molar refractivity (Wildman–Crippen MR) is 88.1 cm³/mol. The van der Waals surface area contributed by atoms with Gasteiger partial charge in [0.25, 0.3) is 0 Å². The average Bonchev–Trinajstić information content (AvgIpc) is 2.88. The number of ether oxygens (including phenoxy) is 2. The summed E-state index contributed by atoms with van der Waals surface area (Å²) in [5.74, 6) is 2.04. The Bertz CT molecular complexity index is 557. The molecule has 0 radical (unpaired) electrons. The summed E-state index contributed by atoms with van der Waals surface area (Å²) < 4.78 is 12.6. The van der Waals surface area contributed by atoms with Gasteiger partial charge >= 0.3 is 0 Å². The van der Waals surface area contributed by atoms with Gasteiger partial charge in [0, 0.05) is 26.4 Å². The number of hydrogen-bond donors (Lipinski definition) is 0.